The topological polar surface area (TPSA) is 91.3 Å². The molecular formula is C16H13N3O3S. The van der Waals surface area contributed by atoms with E-state index < -0.39 is 5.91 Å². The van der Waals surface area contributed by atoms with Crippen LogP contribution in [0.2, 0.25) is 0 Å². The fraction of sp³-hybridized carbons (Fsp3) is 0.0625. The summed E-state index contributed by atoms with van der Waals surface area (Å²) >= 11 is 1.27. The Labute approximate surface area is 135 Å². The van der Waals surface area contributed by atoms with Gasteiger partial charge in [-0.3, -0.25) is 19.8 Å². The van der Waals surface area contributed by atoms with Gasteiger partial charge >= 0.3 is 0 Å². The zero-order chi connectivity index (χ0) is 16.2. The predicted octanol–water partition coefficient (Wildman–Crippen LogP) is 2.60. The maximum atomic E-state index is 12.0. The molecule has 1 aromatic carbocycles. The van der Waals surface area contributed by atoms with Crippen molar-refractivity contribution in [3.8, 4) is 0 Å². The SMILES string of the molecule is O=C(Cc1ccccn1)Nc1ccc2sc(C(=O)NO)cc2c1. The summed E-state index contributed by atoms with van der Waals surface area (Å²) in [6.07, 6.45) is 1.84. The molecule has 7 heteroatoms. The van der Waals surface area contributed by atoms with Gasteiger partial charge in [-0.1, -0.05) is 6.07 Å². The van der Waals surface area contributed by atoms with E-state index in [0.29, 0.717) is 16.3 Å². The van der Waals surface area contributed by atoms with Crippen LogP contribution in [0.4, 0.5) is 5.69 Å². The first-order valence-corrected chi connectivity index (χ1v) is 7.65. The molecule has 0 aliphatic heterocycles. The minimum absolute atomic E-state index is 0.161. The normalized spacial score (nSPS) is 10.5. The number of nitrogens with zero attached hydrogens (tertiary/aromatic N) is 1. The first-order valence-electron chi connectivity index (χ1n) is 6.83. The molecule has 23 heavy (non-hydrogen) atoms. The smallest absolute Gasteiger partial charge is 0.284 e. The lowest BCUT2D eigenvalue weighted by Gasteiger charge is -2.05. The number of pyridine rings is 1. The van der Waals surface area contributed by atoms with Crippen molar-refractivity contribution in [3.63, 3.8) is 0 Å². The Bertz CT molecular complexity index is 861. The van der Waals surface area contributed by atoms with E-state index in [1.54, 1.807) is 42.0 Å². The predicted molar refractivity (Wildman–Crippen MR) is 87.6 cm³/mol. The molecule has 0 spiro atoms. The molecule has 2 aromatic heterocycles. The molecular weight excluding hydrogens is 314 g/mol. The van der Waals surface area contributed by atoms with E-state index in [2.05, 4.69) is 10.3 Å². The summed E-state index contributed by atoms with van der Waals surface area (Å²) in [4.78, 5) is 28.0. The van der Waals surface area contributed by atoms with Crippen LogP contribution >= 0.6 is 11.3 Å². The lowest BCUT2D eigenvalue weighted by Crippen LogP contribution is -2.16. The van der Waals surface area contributed by atoms with Crippen LogP contribution in [0.1, 0.15) is 15.4 Å². The van der Waals surface area contributed by atoms with E-state index in [1.807, 2.05) is 12.1 Å². The summed E-state index contributed by atoms with van der Waals surface area (Å²) in [5, 5.41) is 12.3. The van der Waals surface area contributed by atoms with Crippen molar-refractivity contribution < 1.29 is 14.8 Å². The summed E-state index contributed by atoms with van der Waals surface area (Å²) in [5.74, 6) is -0.710. The minimum atomic E-state index is -0.549. The number of hydroxylamine groups is 1. The highest BCUT2D eigenvalue weighted by atomic mass is 32.1. The number of benzene rings is 1. The van der Waals surface area contributed by atoms with Gasteiger partial charge in [-0.05, 0) is 41.8 Å². The third-order valence-electron chi connectivity index (χ3n) is 3.19. The average Bonchev–Trinajstić information content (AvgIpc) is 2.98. The number of rotatable bonds is 4. The zero-order valence-electron chi connectivity index (χ0n) is 11.9. The molecule has 0 fully saturated rings. The third-order valence-corrected chi connectivity index (χ3v) is 4.31. The summed E-state index contributed by atoms with van der Waals surface area (Å²) in [6, 6.07) is 12.5. The van der Waals surface area contributed by atoms with Crippen molar-refractivity contribution in [3.05, 3.63) is 59.2 Å². The minimum Gasteiger partial charge on any atom is -0.326 e. The van der Waals surface area contributed by atoms with E-state index in [4.69, 9.17) is 5.21 Å². The summed E-state index contributed by atoms with van der Waals surface area (Å²) in [6.45, 7) is 0. The van der Waals surface area contributed by atoms with Crippen LogP contribution in [0, 0.1) is 0 Å². The van der Waals surface area contributed by atoms with E-state index in [9.17, 15) is 9.59 Å². The highest BCUT2D eigenvalue weighted by Gasteiger charge is 2.10. The van der Waals surface area contributed by atoms with Gasteiger partial charge in [-0.25, -0.2) is 5.48 Å². The molecule has 0 unspecified atom stereocenters. The third kappa shape index (κ3) is 3.53. The van der Waals surface area contributed by atoms with E-state index in [-0.39, 0.29) is 12.3 Å². The molecule has 0 saturated carbocycles. The molecule has 0 aliphatic rings. The Kier molecular flexibility index (Phi) is 4.31. The Hall–Kier alpha value is -2.77. The lowest BCUT2D eigenvalue weighted by atomic mass is 10.2. The number of hydrogen-bond acceptors (Lipinski definition) is 5. The second-order valence-corrected chi connectivity index (χ2v) is 5.93. The Morgan fingerprint density at radius 3 is 2.78 bits per heavy atom. The van der Waals surface area contributed by atoms with Crippen molar-refractivity contribution in [1.29, 1.82) is 0 Å². The van der Waals surface area contributed by atoms with Crippen LogP contribution in [0.25, 0.3) is 10.1 Å². The van der Waals surface area contributed by atoms with Crippen molar-refractivity contribution in [2.24, 2.45) is 0 Å². The largest absolute Gasteiger partial charge is 0.326 e. The Morgan fingerprint density at radius 1 is 1.17 bits per heavy atom. The van der Waals surface area contributed by atoms with Crippen LogP contribution in [-0.4, -0.2) is 22.0 Å². The van der Waals surface area contributed by atoms with Gasteiger partial charge in [-0.2, -0.15) is 0 Å². The van der Waals surface area contributed by atoms with Crippen LogP contribution in [0.15, 0.2) is 48.7 Å². The van der Waals surface area contributed by atoms with Gasteiger partial charge in [0, 0.05) is 22.3 Å². The van der Waals surface area contributed by atoms with Crippen molar-refractivity contribution in [2.75, 3.05) is 5.32 Å². The average molecular weight is 327 g/mol. The molecule has 0 bridgehead atoms. The Balaban J connectivity index is 1.75. The highest BCUT2D eigenvalue weighted by Crippen LogP contribution is 2.28. The van der Waals surface area contributed by atoms with E-state index in [0.717, 1.165) is 10.1 Å². The number of carbonyl (C=O) groups is 2. The molecule has 2 amide bonds. The number of thiophene rings is 1. The molecule has 2 heterocycles. The van der Waals surface area contributed by atoms with Crippen molar-refractivity contribution in [1.82, 2.24) is 10.5 Å². The number of carbonyl (C=O) groups excluding carboxylic acids is 2. The highest BCUT2D eigenvalue weighted by molar-refractivity contribution is 7.20. The number of hydrogen-bond donors (Lipinski definition) is 3. The van der Waals surface area contributed by atoms with Gasteiger partial charge in [0.2, 0.25) is 5.91 Å². The molecule has 0 radical (unpaired) electrons. The van der Waals surface area contributed by atoms with Crippen LogP contribution < -0.4 is 10.8 Å². The van der Waals surface area contributed by atoms with Gasteiger partial charge in [0.25, 0.3) is 5.91 Å². The van der Waals surface area contributed by atoms with E-state index in [1.165, 1.54) is 11.3 Å². The number of nitrogens with one attached hydrogen (secondary N) is 2. The number of anilines is 1. The lowest BCUT2D eigenvalue weighted by molar-refractivity contribution is -0.115. The van der Waals surface area contributed by atoms with Gasteiger partial charge in [0.1, 0.15) is 0 Å². The van der Waals surface area contributed by atoms with Crippen LogP contribution in [0.3, 0.4) is 0 Å². The molecule has 3 aromatic rings. The van der Waals surface area contributed by atoms with Gasteiger partial charge in [0.15, 0.2) is 0 Å². The monoisotopic (exact) mass is 327 g/mol. The first-order chi connectivity index (χ1) is 11.2. The number of fused-ring (bicyclic) bond motifs is 1. The van der Waals surface area contributed by atoms with Crippen molar-refractivity contribution in [2.45, 2.75) is 6.42 Å². The number of amides is 2. The maximum absolute atomic E-state index is 12.0. The fourth-order valence-corrected chi connectivity index (χ4v) is 3.09. The molecule has 116 valence electrons. The molecule has 0 saturated heterocycles. The summed E-state index contributed by atoms with van der Waals surface area (Å²) in [7, 11) is 0. The van der Waals surface area contributed by atoms with Gasteiger partial charge in [0.05, 0.1) is 11.3 Å². The Morgan fingerprint density at radius 2 is 2.04 bits per heavy atom. The standard InChI is InChI=1S/C16H13N3O3S/c20-15(9-11-3-1-2-6-17-11)18-12-4-5-13-10(7-12)8-14(23-13)16(21)19-22/h1-8,22H,9H2,(H,18,20)(H,19,21). The molecule has 6 nitrogen and oxygen atoms in total. The van der Waals surface area contributed by atoms with Crippen LogP contribution in [-0.2, 0) is 11.2 Å². The van der Waals surface area contributed by atoms with Gasteiger partial charge < -0.3 is 5.32 Å². The fourth-order valence-electron chi connectivity index (χ4n) is 2.16. The molecule has 3 rings (SSSR count). The molecule has 0 atom stereocenters. The van der Waals surface area contributed by atoms with E-state index >= 15 is 0 Å². The quantitative estimate of drug-likeness (QED) is 0.507. The summed E-state index contributed by atoms with van der Waals surface area (Å²) < 4.78 is 0.895. The van der Waals surface area contributed by atoms with Gasteiger partial charge in [-0.15, -0.1) is 11.3 Å². The second-order valence-electron chi connectivity index (χ2n) is 4.85. The van der Waals surface area contributed by atoms with Crippen molar-refractivity contribution >= 4 is 38.9 Å². The first kappa shape index (κ1) is 15.1. The maximum Gasteiger partial charge on any atom is 0.284 e. The molecule has 3 N–H and O–H groups in total. The second kappa shape index (κ2) is 6.55. The summed E-state index contributed by atoms with van der Waals surface area (Å²) in [5.41, 5.74) is 2.95. The number of aromatic nitrogens is 1. The molecule has 0 aliphatic carbocycles. The van der Waals surface area contributed by atoms with Crippen LogP contribution in [0.5, 0.6) is 0 Å². The zero-order valence-corrected chi connectivity index (χ0v) is 12.8.